The van der Waals surface area contributed by atoms with Gasteiger partial charge in [-0.2, -0.15) is 9.79 Å². The van der Waals surface area contributed by atoms with Crippen molar-refractivity contribution < 1.29 is 0 Å². The molecule has 54 valence electrons. The number of hydrogen-bond donors (Lipinski definition) is 0. The Balaban J connectivity index is 3.34. The van der Waals surface area contributed by atoms with Crippen molar-refractivity contribution in [3.63, 3.8) is 0 Å². The van der Waals surface area contributed by atoms with E-state index in [0.717, 1.165) is 0 Å². The summed E-state index contributed by atoms with van der Waals surface area (Å²) in [5.41, 5.74) is 0. The van der Waals surface area contributed by atoms with Gasteiger partial charge in [-0.1, -0.05) is 23.2 Å². The van der Waals surface area contributed by atoms with Crippen LogP contribution in [-0.4, -0.2) is 0 Å². The van der Waals surface area contributed by atoms with Gasteiger partial charge in [0.25, 0.3) is 0 Å². The van der Waals surface area contributed by atoms with Crippen molar-refractivity contribution in [3.8, 4) is 0 Å². The summed E-state index contributed by atoms with van der Waals surface area (Å²) in [6.07, 6.45) is 0. The molecule has 4 heteroatoms. The highest BCUT2D eigenvalue weighted by atomic mass is 35.5. The molecular formula is C6H2Cl2S2-2. The molecule has 0 radical (unpaired) electrons. The first-order valence-corrected chi connectivity index (χ1v) is 4.02. The Morgan fingerprint density at radius 1 is 0.900 bits per heavy atom. The normalized spacial score (nSPS) is 9.80. The van der Waals surface area contributed by atoms with E-state index in [1.807, 2.05) is 0 Å². The van der Waals surface area contributed by atoms with Crippen molar-refractivity contribution in [1.29, 1.82) is 0 Å². The second kappa shape index (κ2) is 3.09. The van der Waals surface area contributed by atoms with Gasteiger partial charge >= 0.3 is 0 Å². The van der Waals surface area contributed by atoms with E-state index < -0.39 is 0 Å². The van der Waals surface area contributed by atoms with Gasteiger partial charge in [-0.25, -0.2) is 0 Å². The standard InChI is InChI=1S/C6H4Cl2S2/c7-3-1-2-4(8)6(10)5(3)9/h1-2,9-10H/p-2. The first-order chi connectivity index (χ1) is 4.63. The summed E-state index contributed by atoms with van der Waals surface area (Å²) in [5.74, 6) is 0. The van der Waals surface area contributed by atoms with Gasteiger partial charge < -0.3 is 25.3 Å². The third-order valence-corrected chi connectivity index (χ3v) is 2.85. The molecule has 0 atom stereocenters. The first-order valence-electron chi connectivity index (χ1n) is 2.45. The first kappa shape index (κ1) is 8.34. The number of rotatable bonds is 0. The monoisotopic (exact) mass is 208 g/mol. The molecule has 0 aromatic heterocycles. The average molecular weight is 209 g/mol. The molecule has 1 aromatic rings. The van der Waals surface area contributed by atoms with E-state index in [0.29, 0.717) is 19.8 Å². The molecule has 0 heterocycles. The van der Waals surface area contributed by atoms with Crippen molar-refractivity contribution in [3.05, 3.63) is 22.2 Å². The largest absolute Gasteiger partial charge is 0.780 e. The summed E-state index contributed by atoms with van der Waals surface area (Å²) in [7, 11) is 0. The zero-order chi connectivity index (χ0) is 7.72. The van der Waals surface area contributed by atoms with Crippen molar-refractivity contribution in [2.45, 2.75) is 9.79 Å². The van der Waals surface area contributed by atoms with E-state index in [1.54, 1.807) is 12.1 Å². The predicted molar refractivity (Wildman–Crippen MR) is 47.7 cm³/mol. The zero-order valence-corrected chi connectivity index (χ0v) is 7.87. The van der Waals surface area contributed by atoms with Crippen LogP contribution in [0, 0.1) is 0 Å². The van der Waals surface area contributed by atoms with Crippen LogP contribution in [0.5, 0.6) is 0 Å². The lowest BCUT2D eigenvalue weighted by molar-refractivity contribution is 1.27. The maximum Gasteiger partial charge on any atom is 0.0201 e. The van der Waals surface area contributed by atoms with Gasteiger partial charge in [-0.15, -0.1) is 0 Å². The summed E-state index contributed by atoms with van der Waals surface area (Å²) < 4.78 is 0. The second-order valence-electron chi connectivity index (χ2n) is 1.69. The van der Waals surface area contributed by atoms with Gasteiger partial charge in [-0.05, 0) is 12.1 Å². The quantitative estimate of drug-likeness (QED) is 0.602. The summed E-state index contributed by atoms with van der Waals surface area (Å²) in [4.78, 5) is 0.924. The van der Waals surface area contributed by atoms with Crippen molar-refractivity contribution in [1.82, 2.24) is 0 Å². The molecule has 0 amide bonds. The molecule has 0 saturated heterocycles. The summed E-state index contributed by atoms with van der Waals surface area (Å²) in [6.45, 7) is 0. The molecule has 1 aromatic carbocycles. The molecule has 0 unspecified atom stereocenters. The van der Waals surface area contributed by atoms with Crippen LogP contribution in [0.2, 0.25) is 10.0 Å². The second-order valence-corrected chi connectivity index (χ2v) is 3.32. The Kier molecular flexibility index (Phi) is 2.58. The molecule has 0 bridgehead atoms. The lowest BCUT2D eigenvalue weighted by atomic mass is 10.3. The lowest BCUT2D eigenvalue weighted by Gasteiger charge is -2.21. The Labute approximate surface area is 80.3 Å². The third kappa shape index (κ3) is 1.45. The fraction of sp³-hybridized carbons (Fsp3) is 0. The third-order valence-electron chi connectivity index (χ3n) is 1.02. The number of hydrogen-bond acceptors (Lipinski definition) is 2. The molecule has 10 heavy (non-hydrogen) atoms. The van der Waals surface area contributed by atoms with Crippen LogP contribution in [0.25, 0.3) is 0 Å². The maximum absolute atomic E-state index is 5.66. The van der Waals surface area contributed by atoms with Crippen LogP contribution in [0.1, 0.15) is 0 Å². The molecule has 0 fully saturated rings. The van der Waals surface area contributed by atoms with Gasteiger partial charge in [0.05, 0.1) is 0 Å². The van der Waals surface area contributed by atoms with E-state index in [1.165, 1.54) is 0 Å². The van der Waals surface area contributed by atoms with E-state index >= 15 is 0 Å². The Morgan fingerprint density at radius 2 is 1.20 bits per heavy atom. The highest BCUT2D eigenvalue weighted by Crippen LogP contribution is 2.25. The van der Waals surface area contributed by atoms with E-state index in [2.05, 4.69) is 0 Å². The topological polar surface area (TPSA) is 0 Å². The van der Waals surface area contributed by atoms with E-state index in [4.69, 9.17) is 48.5 Å². The minimum atomic E-state index is 0.462. The highest BCUT2D eigenvalue weighted by Gasteiger charge is 1.89. The predicted octanol–water partition coefficient (Wildman–Crippen LogP) is 2.80. The molecule has 0 N–H and O–H groups in total. The van der Waals surface area contributed by atoms with Crippen LogP contribution in [0.3, 0.4) is 0 Å². The smallest absolute Gasteiger partial charge is 0.0201 e. The minimum Gasteiger partial charge on any atom is -0.780 e. The van der Waals surface area contributed by atoms with E-state index in [-0.39, 0.29) is 0 Å². The Morgan fingerprint density at radius 3 is 1.50 bits per heavy atom. The molecule has 0 aliphatic rings. The van der Waals surface area contributed by atoms with Crippen LogP contribution in [-0.2, 0) is 25.3 Å². The molecule has 0 saturated carbocycles. The number of benzene rings is 1. The van der Waals surface area contributed by atoms with Gasteiger partial charge in [0.1, 0.15) is 0 Å². The zero-order valence-electron chi connectivity index (χ0n) is 4.73. The van der Waals surface area contributed by atoms with Crippen molar-refractivity contribution in [2.75, 3.05) is 0 Å². The molecule has 1 rings (SSSR count). The van der Waals surface area contributed by atoms with Crippen LogP contribution >= 0.6 is 23.2 Å². The van der Waals surface area contributed by atoms with Gasteiger partial charge in [-0.3, -0.25) is 0 Å². The van der Waals surface area contributed by atoms with Gasteiger partial charge in [0.2, 0.25) is 0 Å². The molecule has 0 nitrogen and oxygen atoms in total. The van der Waals surface area contributed by atoms with Crippen LogP contribution in [0.4, 0.5) is 0 Å². The summed E-state index contributed by atoms with van der Waals surface area (Å²) >= 11 is 21.0. The van der Waals surface area contributed by atoms with Gasteiger partial charge in [0, 0.05) is 10.0 Å². The van der Waals surface area contributed by atoms with Crippen molar-refractivity contribution >= 4 is 48.5 Å². The minimum absolute atomic E-state index is 0.462. The average Bonchev–Trinajstić information content (AvgIpc) is 1.93. The van der Waals surface area contributed by atoms with E-state index in [9.17, 15) is 0 Å². The molecule has 0 aliphatic heterocycles. The molecule has 0 aliphatic carbocycles. The summed E-state index contributed by atoms with van der Waals surface area (Å²) in [6, 6.07) is 3.28. The maximum atomic E-state index is 5.66. The fourth-order valence-corrected chi connectivity index (χ4v) is 1.30. The van der Waals surface area contributed by atoms with Gasteiger partial charge in [0.15, 0.2) is 0 Å². The van der Waals surface area contributed by atoms with Crippen LogP contribution in [0.15, 0.2) is 21.9 Å². The SMILES string of the molecule is [S-]c1c(Cl)ccc(Cl)c1[S-]. The molecule has 0 spiro atoms. The molecular weight excluding hydrogens is 207 g/mol. The van der Waals surface area contributed by atoms with Crippen molar-refractivity contribution in [2.24, 2.45) is 0 Å². The van der Waals surface area contributed by atoms with Crippen LogP contribution < -0.4 is 0 Å². The Bertz CT molecular complexity index is 233. The lowest BCUT2D eigenvalue weighted by Crippen LogP contribution is -1.80. The fourth-order valence-electron chi connectivity index (χ4n) is 0.515. The highest BCUT2D eigenvalue weighted by molar-refractivity contribution is 7.62. The summed E-state index contributed by atoms with van der Waals surface area (Å²) in [5, 5.41) is 0.980. The Hall–Kier alpha value is 0.240. The number of halogens is 2.